The molecule has 0 unspecified atom stereocenters. The van der Waals surface area contributed by atoms with E-state index in [0.29, 0.717) is 33.8 Å². The van der Waals surface area contributed by atoms with Gasteiger partial charge in [0.15, 0.2) is 16.8 Å². The highest BCUT2D eigenvalue weighted by molar-refractivity contribution is 7.22. The summed E-state index contributed by atoms with van der Waals surface area (Å²) in [4.78, 5) is 21.1. The van der Waals surface area contributed by atoms with E-state index in [4.69, 9.17) is 36.9 Å². The number of fused-ring (bicyclic) bond motifs is 2. The minimum absolute atomic E-state index is 0.357. The van der Waals surface area contributed by atoms with Gasteiger partial charge in [-0.3, -0.25) is 0 Å². The van der Waals surface area contributed by atoms with Crippen LogP contribution in [0, 0.1) is 13.5 Å². The van der Waals surface area contributed by atoms with Gasteiger partial charge < -0.3 is 10.2 Å². The molecule has 0 aliphatic rings. The Hall–Kier alpha value is -4.73. The number of nitrogens with zero attached hydrogens (tertiary/aromatic N) is 9. The number of pyridine rings is 1. The van der Waals surface area contributed by atoms with Crippen molar-refractivity contribution < 1.29 is 0 Å². The molecule has 48 heavy (non-hydrogen) atoms. The molecule has 6 aromatic rings. The molecule has 0 fully saturated rings. The predicted molar refractivity (Wildman–Crippen MR) is 200 cm³/mol. The third-order valence-corrected chi connectivity index (χ3v) is 9.96. The van der Waals surface area contributed by atoms with E-state index in [0.717, 1.165) is 75.7 Å². The first-order valence-corrected chi connectivity index (χ1v) is 18.0. The Morgan fingerprint density at radius 1 is 0.917 bits per heavy atom. The van der Waals surface area contributed by atoms with Gasteiger partial charge in [-0.25, -0.2) is 19.8 Å². The second kappa shape index (κ2) is 14.2. The lowest BCUT2D eigenvalue weighted by atomic mass is 9.91. The number of thiazole rings is 2. The summed E-state index contributed by atoms with van der Waals surface area (Å²) in [6.45, 7) is 22.2. The van der Waals surface area contributed by atoms with Gasteiger partial charge in [0.1, 0.15) is 11.5 Å². The van der Waals surface area contributed by atoms with Crippen LogP contribution in [0.15, 0.2) is 64.8 Å². The van der Waals surface area contributed by atoms with Crippen LogP contribution in [0.1, 0.15) is 71.6 Å². The maximum Gasteiger partial charge on any atom is 0.255 e. The number of benzene rings is 2. The Balaban J connectivity index is 1.47. The highest BCUT2D eigenvalue weighted by atomic mass is 32.1. The number of para-hydroxylation sites is 2. The van der Waals surface area contributed by atoms with Crippen LogP contribution in [0.25, 0.3) is 30.4 Å². The fraction of sp³-hybridized carbons (Fsp3) is 0.361. The molecule has 0 amide bonds. The number of azo groups is 1. The number of unbranched alkanes of at least 4 members (excludes halogenated alkanes) is 2. The topological polar surface area (TPSA) is 101 Å². The number of hydrogen-bond donors (Lipinski definition) is 1. The summed E-state index contributed by atoms with van der Waals surface area (Å²) in [6, 6.07) is 18.2. The molecule has 0 aliphatic carbocycles. The average Bonchev–Trinajstić information content (AvgIpc) is 3.79. The Morgan fingerprint density at radius 2 is 1.60 bits per heavy atom. The normalized spacial score (nSPS) is 11.9. The largest absolute Gasteiger partial charge is 0.368 e. The maximum atomic E-state index is 8.14. The number of anilines is 3. The molecule has 0 bridgehead atoms. The van der Waals surface area contributed by atoms with E-state index in [1.165, 1.54) is 11.3 Å². The van der Waals surface area contributed by atoms with Crippen molar-refractivity contribution in [3.63, 3.8) is 0 Å². The lowest BCUT2D eigenvalue weighted by Crippen LogP contribution is -2.20. The van der Waals surface area contributed by atoms with E-state index >= 15 is 0 Å². The third-order valence-electron chi connectivity index (χ3n) is 7.89. The summed E-state index contributed by atoms with van der Waals surface area (Å²) in [5.41, 5.74) is 4.03. The van der Waals surface area contributed by atoms with Gasteiger partial charge in [-0.1, -0.05) is 94.4 Å². The van der Waals surface area contributed by atoms with Crippen molar-refractivity contribution in [1.82, 2.24) is 24.7 Å². The molecular formula is C36H40N10S2. The minimum atomic E-state index is -0.388. The molecule has 0 saturated heterocycles. The molecule has 6 rings (SSSR count). The minimum Gasteiger partial charge on any atom is -0.368 e. The fourth-order valence-electron chi connectivity index (χ4n) is 5.30. The van der Waals surface area contributed by atoms with E-state index < -0.39 is 0 Å². The summed E-state index contributed by atoms with van der Waals surface area (Å²) < 4.78 is 3.85. The van der Waals surface area contributed by atoms with Gasteiger partial charge in [-0.2, -0.15) is 9.78 Å². The van der Waals surface area contributed by atoms with E-state index in [2.05, 4.69) is 47.1 Å². The summed E-state index contributed by atoms with van der Waals surface area (Å²) in [5, 5.41) is 19.6. The van der Waals surface area contributed by atoms with Crippen LogP contribution in [0.5, 0.6) is 0 Å². The molecule has 1 N–H and O–H groups in total. The van der Waals surface area contributed by atoms with Crippen LogP contribution in [0.2, 0.25) is 0 Å². The molecule has 0 saturated carbocycles. The van der Waals surface area contributed by atoms with Crippen molar-refractivity contribution in [2.24, 2.45) is 10.2 Å². The number of aromatic nitrogens is 5. The van der Waals surface area contributed by atoms with Crippen molar-refractivity contribution in [2.45, 2.75) is 72.6 Å². The smallest absolute Gasteiger partial charge is 0.255 e. The van der Waals surface area contributed by atoms with Crippen molar-refractivity contribution in [1.29, 1.82) is 0 Å². The van der Waals surface area contributed by atoms with Crippen LogP contribution in [0.3, 0.4) is 0 Å². The first-order valence-electron chi connectivity index (χ1n) is 16.4. The van der Waals surface area contributed by atoms with Gasteiger partial charge >= 0.3 is 0 Å². The Morgan fingerprint density at radius 3 is 2.25 bits per heavy atom. The van der Waals surface area contributed by atoms with Crippen LogP contribution in [0.4, 0.5) is 34.0 Å². The molecule has 0 atom stereocenters. The van der Waals surface area contributed by atoms with Gasteiger partial charge in [0.25, 0.3) is 5.69 Å². The number of nitrogens with one attached hydrogen (secondary N) is 1. The van der Waals surface area contributed by atoms with E-state index in [-0.39, 0.29) is 5.41 Å². The van der Waals surface area contributed by atoms with Gasteiger partial charge in [-0.05, 0) is 61.1 Å². The molecule has 0 aliphatic heterocycles. The Bertz CT molecular complexity index is 2060. The summed E-state index contributed by atoms with van der Waals surface area (Å²) in [5.74, 6) is 1.82. The first kappa shape index (κ1) is 33.2. The van der Waals surface area contributed by atoms with Gasteiger partial charge in [0, 0.05) is 13.1 Å². The average molecular weight is 677 g/mol. The molecule has 10 nitrogen and oxygen atoms in total. The van der Waals surface area contributed by atoms with E-state index in [1.807, 2.05) is 64.1 Å². The van der Waals surface area contributed by atoms with Gasteiger partial charge in [0.05, 0.1) is 32.7 Å². The zero-order chi connectivity index (χ0) is 33.8. The zero-order valence-corrected chi connectivity index (χ0v) is 29.9. The molecule has 12 heteroatoms. The maximum absolute atomic E-state index is 8.14. The Kier molecular flexibility index (Phi) is 9.80. The SMILES string of the molecule is [C-]#[N+]c1c(C(C)(C)C)nn(-c2nc3ccccc3s2)c1N=Nc1c(C)cc(N(CCCC)c2nc3ccccc3s2)nc1NCCCC. The summed E-state index contributed by atoms with van der Waals surface area (Å²) in [7, 11) is 0. The Labute approximate surface area is 289 Å². The van der Waals surface area contributed by atoms with Crippen LogP contribution in [-0.2, 0) is 5.41 Å². The van der Waals surface area contributed by atoms with Crippen molar-refractivity contribution >= 4 is 77.1 Å². The predicted octanol–water partition coefficient (Wildman–Crippen LogP) is 11.2. The molecular weight excluding hydrogens is 637 g/mol. The van der Waals surface area contributed by atoms with Crippen LogP contribution < -0.4 is 10.2 Å². The summed E-state index contributed by atoms with van der Waals surface area (Å²) >= 11 is 3.18. The second-order valence-corrected chi connectivity index (χ2v) is 14.7. The van der Waals surface area contributed by atoms with Crippen LogP contribution in [-0.4, -0.2) is 37.8 Å². The van der Waals surface area contributed by atoms with Gasteiger partial charge in [-0.15, -0.1) is 10.2 Å². The third kappa shape index (κ3) is 6.79. The van der Waals surface area contributed by atoms with Crippen molar-refractivity contribution in [3.05, 3.63) is 77.3 Å². The quantitative estimate of drug-likeness (QED) is 0.0786. The van der Waals surface area contributed by atoms with Crippen LogP contribution >= 0.6 is 22.7 Å². The number of rotatable bonds is 12. The zero-order valence-electron chi connectivity index (χ0n) is 28.3. The first-order chi connectivity index (χ1) is 23.2. The monoisotopic (exact) mass is 676 g/mol. The summed E-state index contributed by atoms with van der Waals surface area (Å²) in [6.07, 6.45) is 4.08. The standard InChI is InChI=1S/C36H40N10S2/c1-8-10-20-38-32-29(23(3)22-28(41-32)45(21-11-9-2)34-39-24-16-12-14-18-26(24)47-34)42-43-33-30(37-7)31(36(4,5)6)44-46(33)35-40-25-17-13-15-19-27(25)48-35/h12-19,22H,8-11,20-21H2,1-6H3,(H,38,41). The molecule has 2 aromatic carbocycles. The second-order valence-electron chi connectivity index (χ2n) is 12.7. The molecule has 4 heterocycles. The van der Waals surface area contributed by atoms with E-state index in [1.54, 1.807) is 16.0 Å². The van der Waals surface area contributed by atoms with Crippen molar-refractivity contribution in [3.8, 4) is 5.13 Å². The number of aryl methyl sites for hydroxylation is 1. The van der Waals surface area contributed by atoms with E-state index in [9.17, 15) is 0 Å². The van der Waals surface area contributed by atoms with Crippen molar-refractivity contribution in [2.75, 3.05) is 23.3 Å². The van der Waals surface area contributed by atoms with Gasteiger partial charge in [0.2, 0.25) is 5.13 Å². The molecule has 0 radical (unpaired) electrons. The molecule has 0 spiro atoms. The molecule has 4 aromatic heterocycles. The highest BCUT2D eigenvalue weighted by Crippen LogP contribution is 2.43. The lowest BCUT2D eigenvalue weighted by molar-refractivity contribution is 0.562. The lowest BCUT2D eigenvalue weighted by Gasteiger charge is -2.23. The molecule has 246 valence electrons. The fourth-order valence-corrected chi connectivity index (χ4v) is 7.22. The highest BCUT2D eigenvalue weighted by Gasteiger charge is 2.29. The number of hydrogen-bond acceptors (Lipinski definition) is 10.